The smallest absolute Gasteiger partial charge is 0.416 e. The molecule has 44 heavy (non-hydrogen) atoms. The molecular formula is C31H31ClF3N5O3S. The van der Waals surface area contributed by atoms with Crippen molar-refractivity contribution in [3.63, 3.8) is 0 Å². The fourth-order valence-electron chi connectivity index (χ4n) is 4.12. The summed E-state index contributed by atoms with van der Waals surface area (Å²) in [5.41, 5.74) is 1.11. The molecule has 0 fully saturated rings. The largest absolute Gasteiger partial charge is 0.494 e. The van der Waals surface area contributed by atoms with E-state index in [4.69, 9.17) is 16.3 Å². The first-order valence-electron chi connectivity index (χ1n) is 13.6. The van der Waals surface area contributed by atoms with Crippen molar-refractivity contribution >= 4 is 40.9 Å². The zero-order valence-electron chi connectivity index (χ0n) is 24.5. The number of thioether (sulfide) groups is 1. The average molecular weight is 646 g/mol. The predicted molar refractivity (Wildman–Crippen MR) is 165 cm³/mol. The lowest BCUT2D eigenvalue weighted by Gasteiger charge is -2.19. The van der Waals surface area contributed by atoms with Crippen molar-refractivity contribution in [2.45, 2.75) is 51.0 Å². The molecule has 0 saturated carbocycles. The van der Waals surface area contributed by atoms with Gasteiger partial charge in [-0.15, -0.1) is 10.2 Å². The second-order valence-electron chi connectivity index (χ2n) is 10.7. The molecule has 0 radical (unpaired) electrons. The summed E-state index contributed by atoms with van der Waals surface area (Å²) in [6.07, 6.45) is -4.59. The SMILES string of the molecule is CCOc1ccc(-n2c(CNC(=O)c3ccc(C(C)(C)C)cc3)nnc2SCC(=O)Nc2cc(C(F)(F)F)ccc2Cl)cc1. The molecule has 4 aromatic rings. The van der Waals surface area contributed by atoms with E-state index in [0.29, 0.717) is 34.6 Å². The maximum Gasteiger partial charge on any atom is 0.416 e. The van der Waals surface area contributed by atoms with Crippen LogP contribution in [0, 0.1) is 0 Å². The van der Waals surface area contributed by atoms with Crippen LogP contribution >= 0.6 is 23.4 Å². The van der Waals surface area contributed by atoms with Crippen molar-refractivity contribution in [1.29, 1.82) is 0 Å². The van der Waals surface area contributed by atoms with E-state index in [0.717, 1.165) is 35.5 Å². The van der Waals surface area contributed by atoms with Crippen molar-refractivity contribution in [1.82, 2.24) is 20.1 Å². The van der Waals surface area contributed by atoms with Crippen LogP contribution < -0.4 is 15.4 Å². The Kier molecular flexibility index (Phi) is 10.3. The minimum absolute atomic E-state index is 0.0278. The molecule has 0 bridgehead atoms. The van der Waals surface area contributed by atoms with Gasteiger partial charge >= 0.3 is 6.18 Å². The zero-order chi connectivity index (χ0) is 32.1. The van der Waals surface area contributed by atoms with Crippen LogP contribution in [-0.2, 0) is 22.9 Å². The fraction of sp³-hybridized carbons (Fsp3) is 0.290. The van der Waals surface area contributed by atoms with Crippen molar-refractivity contribution in [2.75, 3.05) is 17.7 Å². The number of aromatic nitrogens is 3. The molecule has 13 heteroatoms. The number of rotatable bonds is 10. The van der Waals surface area contributed by atoms with E-state index in [1.54, 1.807) is 41.0 Å². The van der Waals surface area contributed by atoms with E-state index in [2.05, 4.69) is 41.6 Å². The third-order valence-corrected chi connectivity index (χ3v) is 7.69. The molecule has 1 aromatic heterocycles. The van der Waals surface area contributed by atoms with Gasteiger partial charge in [-0.1, -0.05) is 56.3 Å². The number of carbonyl (C=O) groups is 2. The number of nitrogens with one attached hydrogen (secondary N) is 2. The molecule has 1 heterocycles. The fourth-order valence-corrected chi connectivity index (χ4v) is 5.06. The summed E-state index contributed by atoms with van der Waals surface area (Å²) in [5.74, 6) is -0.0276. The van der Waals surface area contributed by atoms with Gasteiger partial charge in [0.05, 0.1) is 35.2 Å². The number of hydrogen-bond acceptors (Lipinski definition) is 6. The van der Waals surface area contributed by atoms with Crippen LogP contribution in [0.25, 0.3) is 5.69 Å². The lowest BCUT2D eigenvalue weighted by molar-refractivity contribution is -0.137. The molecule has 2 N–H and O–H groups in total. The first-order valence-corrected chi connectivity index (χ1v) is 15.0. The van der Waals surface area contributed by atoms with Gasteiger partial charge in [-0.05, 0) is 72.5 Å². The highest BCUT2D eigenvalue weighted by atomic mass is 35.5. The van der Waals surface area contributed by atoms with Gasteiger partial charge in [-0.25, -0.2) is 0 Å². The van der Waals surface area contributed by atoms with Crippen molar-refractivity contribution in [3.05, 3.63) is 94.3 Å². The number of anilines is 1. The van der Waals surface area contributed by atoms with Crippen LogP contribution in [0.1, 0.15) is 55.0 Å². The number of ether oxygens (including phenoxy) is 1. The van der Waals surface area contributed by atoms with Crippen molar-refractivity contribution in [3.8, 4) is 11.4 Å². The normalized spacial score (nSPS) is 11.7. The van der Waals surface area contributed by atoms with Crippen LogP contribution in [0.3, 0.4) is 0 Å². The van der Waals surface area contributed by atoms with Crippen LogP contribution in [-0.4, -0.2) is 38.9 Å². The second kappa shape index (κ2) is 13.7. The second-order valence-corrected chi connectivity index (χ2v) is 12.1. The van der Waals surface area contributed by atoms with Gasteiger partial charge in [-0.3, -0.25) is 14.2 Å². The number of nitrogens with zero attached hydrogens (tertiary/aromatic N) is 3. The predicted octanol–water partition coefficient (Wildman–Crippen LogP) is 7.30. The molecule has 0 aliphatic carbocycles. The Morgan fingerprint density at radius 2 is 1.61 bits per heavy atom. The average Bonchev–Trinajstić information content (AvgIpc) is 3.38. The minimum atomic E-state index is -4.59. The third kappa shape index (κ3) is 8.32. The van der Waals surface area contributed by atoms with Gasteiger partial charge < -0.3 is 15.4 Å². The standard InChI is InChI=1S/C31H31ClF3N5O3S/c1-5-43-23-13-11-22(12-14-23)40-26(17-36-28(42)19-6-8-20(9-7-19)30(2,3)4)38-39-29(40)44-18-27(41)37-25-16-21(31(33,34)35)10-15-24(25)32/h6-16H,5,17-18H2,1-4H3,(H,36,42)(H,37,41). The first kappa shape index (κ1) is 32.9. The number of hydrogen-bond donors (Lipinski definition) is 2. The van der Waals surface area contributed by atoms with Crippen LogP contribution in [0.15, 0.2) is 71.9 Å². The van der Waals surface area contributed by atoms with E-state index < -0.39 is 17.6 Å². The first-order chi connectivity index (χ1) is 20.8. The Bertz CT molecular complexity index is 1620. The topological polar surface area (TPSA) is 98.1 Å². The summed E-state index contributed by atoms with van der Waals surface area (Å²) in [7, 11) is 0. The molecule has 2 amide bonds. The number of halogens is 4. The van der Waals surface area contributed by atoms with E-state index in [1.165, 1.54) is 0 Å². The highest BCUT2D eigenvalue weighted by Crippen LogP contribution is 2.34. The Labute approximate surface area is 262 Å². The highest BCUT2D eigenvalue weighted by Gasteiger charge is 2.31. The van der Waals surface area contributed by atoms with Crippen LogP contribution in [0.2, 0.25) is 5.02 Å². The quantitative estimate of drug-likeness (QED) is 0.176. The summed E-state index contributed by atoms with van der Waals surface area (Å²) in [4.78, 5) is 25.7. The van der Waals surface area contributed by atoms with E-state index in [1.807, 2.05) is 19.1 Å². The van der Waals surface area contributed by atoms with Crippen LogP contribution in [0.5, 0.6) is 5.75 Å². The molecule has 0 aliphatic heterocycles. The van der Waals surface area contributed by atoms with Crippen molar-refractivity contribution in [2.24, 2.45) is 0 Å². The minimum Gasteiger partial charge on any atom is -0.494 e. The molecule has 0 saturated heterocycles. The summed E-state index contributed by atoms with van der Waals surface area (Å²) in [6, 6.07) is 17.2. The molecule has 0 unspecified atom stereocenters. The van der Waals surface area contributed by atoms with Gasteiger partial charge in [0.15, 0.2) is 11.0 Å². The monoisotopic (exact) mass is 645 g/mol. The number of carbonyl (C=O) groups excluding carboxylic acids is 2. The Morgan fingerprint density at radius 3 is 2.23 bits per heavy atom. The van der Waals surface area contributed by atoms with Gasteiger partial charge in [-0.2, -0.15) is 13.2 Å². The summed E-state index contributed by atoms with van der Waals surface area (Å²) < 4.78 is 46.6. The van der Waals surface area contributed by atoms with Gasteiger partial charge in [0.2, 0.25) is 5.91 Å². The summed E-state index contributed by atoms with van der Waals surface area (Å²) >= 11 is 7.05. The number of amides is 2. The Hall–Kier alpha value is -4.03. The van der Waals surface area contributed by atoms with E-state index in [9.17, 15) is 22.8 Å². The third-order valence-electron chi connectivity index (χ3n) is 6.43. The van der Waals surface area contributed by atoms with E-state index >= 15 is 0 Å². The van der Waals surface area contributed by atoms with Crippen molar-refractivity contribution < 1.29 is 27.5 Å². The zero-order valence-corrected chi connectivity index (χ0v) is 26.0. The molecule has 3 aromatic carbocycles. The maximum atomic E-state index is 13.1. The molecule has 0 spiro atoms. The molecule has 4 rings (SSSR count). The Morgan fingerprint density at radius 1 is 0.955 bits per heavy atom. The molecular weight excluding hydrogens is 615 g/mol. The van der Waals surface area contributed by atoms with Gasteiger partial charge in [0, 0.05) is 11.3 Å². The Balaban J connectivity index is 1.52. The van der Waals surface area contributed by atoms with Gasteiger partial charge in [0.1, 0.15) is 5.75 Å². The maximum absolute atomic E-state index is 13.1. The van der Waals surface area contributed by atoms with E-state index in [-0.39, 0.29) is 34.3 Å². The molecule has 232 valence electrons. The van der Waals surface area contributed by atoms with Gasteiger partial charge in [0.25, 0.3) is 5.91 Å². The number of alkyl halides is 3. The van der Waals surface area contributed by atoms with Crippen LogP contribution in [0.4, 0.5) is 18.9 Å². The summed E-state index contributed by atoms with van der Waals surface area (Å²) in [6.45, 7) is 8.68. The highest BCUT2D eigenvalue weighted by molar-refractivity contribution is 7.99. The number of benzene rings is 3. The summed E-state index contributed by atoms with van der Waals surface area (Å²) in [5, 5.41) is 14.1. The lowest BCUT2D eigenvalue weighted by Crippen LogP contribution is -2.25. The molecule has 8 nitrogen and oxygen atoms in total. The molecule has 0 aliphatic rings. The lowest BCUT2D eigenvalue weighted by atomic mass is 9.87. The molecule has 0 atom stereocenters.